The third-order valence-corrected chi connectivity index (χ3v) is 5.57. The Kier molecular flexibility index (Phi) is 8.00. The number of rotatable bonds is 11. The highest BCUT2D eigenvalue weighted by atomic mass is 16.5. The van der Waals surface area contributed by atoms with Crippen LogP contribution in [0.3, 0.4) is 0 Å². The van der Waals surface area contributed by atoms with Crippen molar-refractivity contribution in [3.8, 4) is 11.5 Å². The summed E-state index contributed by atoms with van der Waals surface area (Å²) in [6.45, 7) is 0. The van der Waals surface area contributed by atoms with Gasteiger partial charge in [0.2, 0.25) is 0 Å². The van der Waals surface area contributed by atoms with Gasteiger partial charge >= 0.3 is 0 Å². The van der Waals surface area contributed by atoms with E-state index in [9.17, 15) is 0 Å². The molecular weight excluding hydrogens is 424 g/mol. The number of benzene rings is 4. The van der Waals surface area contributed by atoms with E-state index >= 15 is 0 Å². The third-order valence-electron chi connectivity index (χ3n) is 5.57. The first-order chi connectivity index (χ1) is 16.8. The maximum Gasteiger partial charge on any atom is 0.118 e. The number of hydrazine groups is 2. The van der Waals surface area contributed by atoms with Crippen molar-refractivity contribution in [2.45, 2.75) is 12.1 Å². The van der Waals surface area contributed by atoms with Crippen molar-refractivity contribution in [1.82, 2.24) is 10.9 Å². The Hall–Kier alpha value is -4.00. The molecule has 4 aromatic rings. The quantitative estimate of drug-likeness (QED) is 0.217. The maximum absolute atomic E-state index is 5.38. The molecule has 0 saturated carbocycles. The van der Waals surface area contributed by atoms with Crippen molar-refractivity contribution in [2.75, 3.05) is 25.1 Å². The van der Waals surface area contributed by atoms with E-state index in [2.05, 4.69) is 46.0 Å². The van der Waals surface area contributed by atoms with Crippen molar-refractivity contribution < 1.29 is 9.47 Å². The van der Waals surface area contributed by atoms with Crippen molar-refractivity contribution in [1.29, 1.82) is 0 Å². The lowest BCUT2D eigenvalue weighted by Crippen LogP contribution is -2.40. The predicted molar refractivity (Wildman–Crippen MR) is 138 cm³/mol. The number of ether oxygens (including phenoxy) is 2. The first kappa shape index (κ1) is 23.2. The van der Waals surface area contributed by atoms with Crippen LogP contribution in [0.5, 0.6) is 11.5 Å². The largest absolute Gasteiger partial charge is 0.497 e. The number of hydrogen-bond donors (Lipinski definition) is 4. The van der Waals surface area contributed by atoms with E-state index in [0.29, 0.717) is 0 Å². The van der Waals surface area contributed by atoms with E-state index in [1.807, 2.05) is 84.9 Å². The molecule has 4 aromatic carbocycles. The zero-order valence-corrected chi connectivity index (χ0v) is 19.4. The monoisotopic (exact) mass is 454 g/mol. The van der Waals surface area contributed by atoms with Gasteiger partial charge in [-0.25, -0.2) is 10.9 Å². The summed E-state index contributed by atoms with van der Waals surface area (Å²) in [6, 6.07) is 36.0. The Bertz CT molecular complexity index is 1030. The highest BCUT2D eigenvalue weighted by Gasteiger charge is 2.25. The van der Waals surface area contributed by atoms with E-state index in [1.165, 1.54) is 0 Å². The molecule has 6 nitrogen and oxygen atoms in total. The fourth-order valence-electron chi connectivity index (χ4n) is 3.71. The Balaban J connectivity index is 1.67. The van der Waals surface area contributed by atoms with Crippen LogP contribution in [-0.2, 0) is 0 Å². The molecule has 2 unspecified atom stereocenters. The maximum atomic E-state index is 5.38. The number of nitrogens with one attached hydrogen (secondary N) is 4. The second-order valence-corrected chi connectivity index (χ2v) is 7.77. The van der Waals surface area contributed by atoms with Gasteiger partial charge < -0.3 is 20.3 Å². The molecule has 0 saturated heterocycles. The molecule has 0 aliphatic rings. The van der Waals surface area contributed by atoms with Gasteiger partial charge in [0.1, 0.15) is 11.5 Å². The van der Waals surface area contributed by atoms with Crippen LogP contribution in [0.15, 0.2) is 109 Å². The summed E-state index contributed by atoms with van der Waals surface area (Å²) in [6.07, 6.45) is 0. The molecule has 0 amide bonds. The lowest BCUT2D eigenvalue weighted by atomic mass is 9.94. The van der Waals surface area contributed by atoms with E-state index in [1.54, 1.807) is 14.2 Å². The minimum absolute atomic E-state index is 0.143. The summed E-state index contributed by atoms with van der Waals surface area (Å²) in [5.74, 6) is 1.63. The van der Waals surface area contributed by atoms with Crippen LogP contribution in [0.25, 0.3) is 0 Å². The molecule has 0 fully saturated rings. The van der Waals surface area contributed by atoms with Gasteiger partial charge in [-0.15, -0.1) is 0 Å². The smallest absolute Gasteiger partial charge is 0.118 e. The first-order valence-corrected chi connectivity index (χ1v) is 11.2. The standard InChI is InChI=1S/C28H30N4O2/c1-33-25-17-13-21(14-18-25)27(31-29-23-9-5-3-6-10-23)28(22-15-19-26(34-2)20-16-22)32-30-24-11-7-4-8-12-24/h3-20,27-32H,1-2H3. The van der Waals surface area contributed by atoms with Crippen molar-refractivity contribution in [2.24, 2.45) is 0 Å². The normalized spacial score (nSPS) is 12.4. The third kappa shape index (κ3) is 6.07. The fourth-order valence-corrected chi connectivity index (χ4v) is 3.71. The van der Waals surface area contributed by atoms with E-state index in [4.69, 9.17) is 9.47 Å². The van der Waals surface area contributed by atoms with Gasteiger partial charge in [0.25, 0.3) is 0 Å². The molecule has 0 spiro atoms. The topological polar surface area (TPSA) is 66.6 Å². The Labute approximate surface area is 200 Å². The first-order valence-electron chi connectivity index (χ1n) is 11.2. The Morgan fingerprint density at radius 1 is 0.471 bits per heavy atom. The molecule has 0 bridgehead atoms. The molecule has 0 aromatic heterocycles. The van der Waals surface area contributed by atoms with E-state index < -0.39 is 0 Å². The van der Waals surface area contributed by atoms with Crippen molar-refractivity contribution in [3.63, 3.8) is 0 Å². The fraction of sp³-hybridized carbons (Fsp3) is 0.143. The predicted octanol–water partition coefficient (Wildman–Crippen LogP) is 5.72. The zero-order valence-electron chi connectivity index (χ0n) is 19.4. The summed E-state index contributed by atoms with van der Waals surface area (Å²) in [5, 5.41) is 0. The van der Waals surface area contributed by atoms with Crippen molar-refractivity contribution >= 4 is 11.4 Å². The summed E-state index contributed by atoms with van der Waals surface area (Å²) >= 11 is 0. The molecule has 0 aliphatic heterocycles. The van der Waals surface area contributed by atoms with Gasteiger partial charge in [-0.3, -0.25) is 0 Å². The summed E-state index contributed by atoms with van der Waals surface area (Å²) in [4.78, 5) is 0. The highest BCUT2D eigenvalue weighted by Crippen LogP contribution is 2.31. The molecular formula is C28H30N4O2. The highest BCUT2D eigenvalue weighted by molar-refractivity contribution is 5.44. The van der Waals surface area contributed by atoms with E-state index in [-0.39, 0.29) is 12.1 Å². The van der Waals surface area contributed by atoms with Crippen LogP contribution in [-0.4, -0.2) is 14.2 Å². The number of anilines is 2. The minimum atomic E-state index is -0.143. The summed E-state index contributed by atoms with van der Waals surface area (Å²) in [7, 11) is 3.35. The van der Waals surface area contributed by atoms with Crippen LogP contribution < -0.4 is 31.2 Å². The van der Waals surface area contributed by atoms with Gasteiger partial charge in [0.15, 0.2) is 0 Å². The molecule has 0 aliphatic carbocycles. The molecule has 2 atom stereocenters. The lowest BCUT2D eigenvalue weighted by molar-refractivity contribution is 0.408. The van der Waals surface area contributed by atoms with Crippen LogP contribution in [0.2, 0.25) is 0 Å². The molecule has 4 rings (SSSR count). The van der Waals surface area contributed by atoms with Gasteiger partial charge in [0, 0.05) is 11.4 Å². The lowest BCUT2D eigenvalue weighted by Gasteiger charge is -2.31. The van der Waals surface area contributed by atoms with Crippen LogP contribution in [0, 0.1) is 0 Å². The Morgan fingerprint density at radius 2 is 0.824 bits per heavy atom. The zero-order chi connectivity index (χ0) is 23.6. The SMILES string of the molecule is COc1ccc(C(NNc2ccccc2)C(NNc2ccccc2)c2ccc(OC)cc2)cc1. The molecule has 6 heteroatoms. The molecule has 4 N–H and O–H groups in total. The van der Waals surface area contributed by atoms with Gasteiger partial charge in [-0.05, 0) is 59.7 Å². The van der Waals surface area contributed by atoms with Gasteiger partial charge in [-0.2, -0.15) is 0 Å². The summed E-state index contributed by atoms with van der Waals surface area (Å²) < 4.78 is 10.8. The van der Waals surface area contributed by atoms with Crippen LogP contribution >= 0.6 is 0 Å². The molecule has 34 heavy (non-hydrogen) atoms. The van der Waals surface area contributed by atoms with Crippen molar-refractivity contribution in [3.05, 3.63) is 120 Å². The molecule has 0 heterocycles. The van der Waals surface area contributed by atoms with Crippen LogP contribution in [0.4, 0.5) is 11.4 Å². The van der Waals surface area contributed by atoms with E-state index in [0.717, 1.165) is 34.0 Å². The average Bonchev–Trinajstić information content (AvgIpc) is 2.92. The number of para-hydroxylation sites is 2. The molecule has 0 radical (unpaired) electrons. The second kappa shape index (κ2) is 11.7. The van der Waals surface area contributed by atoms with Gasteiger partial charge in [0.05, 0.1) is 26.3 Å². The average molecular weight is 455 g/mol. The van der Waals surface area contributed by atoms with Gasteiger partial charge in [-0.1, -0.05) is 60.7 Å². The van der Waals surface area contributed by atoms with Crippen LogP contribution in [0.1, 0.15) is 23.2 Å². The summed E-state index contributed by atoms with van der Waals surface area (Å²) in [5.41, 5.74) is 17.9. The Morgan fingerprint density at radius 3 is 1.15 bits per heavy atom. The number of hydrogen-bond acceptors (Lipinski definition) is 6. The number of methoxy groups -OCH3 is 2. The second-order valence-electron chi connectivity index (χ2n) is 7.77. The molecule has 174 valence electrons. The minimum Gasteiger partial charge on any atom is -0.497 e.